The number of carbonyl (C=O) groups excluding carboxylic acids is 2. The first-order valence-corrected chi connectivity index (χ1v) is 8.73. The van der Waals surface area contributed by atoms with Crippen LogP contribution in [0.4, 0.5) is 9.18 Å². The van der Waals surface area contributed by atoms with Crippen molar-refractivity contribution in [1.82, 2.24) is 20.5 Å². The molecule has 8 heteroatoms. The van der Waals surface area contributed by atoms with Gasteiger partial charge >= 0.3 is 6.03 Å². The van der Waals surface area contributed by atoms with Gasteiger partial charge in [0.25, 0.3) is 0 Å². The van der Waals surface area contributed by atoms with Crippen molar-refractivity contribution >= 4 is 11.9 Å². The number of nitrogens with one attached hydrogen (secondary N) is 3. The fourth-order valence-electron chi connectivity index (χ4n) is 2.35. The first kappa shape index (κ1) is 20.2. The maximum Gasteiger partial charge on any atom is 0.315 e. The highest BCUT2D eigenvalue weighted by Gasteiger charge is 2.05. The SMILES string of the molecule is O=C(CNC(=O)NCc1ccc(F)cc1)NCCCCn1ccccc1=O. The average Bonchev–Trinajstić information content (AvgIpc) is 2.67. The summed E-state index contributed by atoms with van der Waals surface area (Å²) >= 11 is 0. The minimum absolute atomic E-state index is 0.0441. The molecule has 3 amide bonds. The van der Waals surface area contributed by atoms with Gasteiger partial charge in [0.05, 0.1) is 6.54 Å². The second-order valence-electron chi connectivity index (χ2n) is 5.95. The Bertz CT molecular complexity index is 805. The lowest BCUT2D eigenvalue weighted by molar-refractivity contribution is -0.120. The van der Waals surface area contributed by atoms with Crippen molar-refractivity contribution in [2.24, 2.45) is 0 Å². The molecule has 27 heavy (non-hydrogen) atoms. The Morgan fingerprint density at radius 1 is 0.963 bits per heavy atom. The molecule has 0 fully saturated rings. The van der Waals surface area contributed by atoms with Crippen LogP contribution in [0.15, 0.2) is 53.5 Å². The third kappa shape index (κ3) is 7.72. The number of halogens is 1. The van der Waals surface area contributed by atoms with Crippen LogP contribution in [-0.2, 0) is 17.9 Å². The predicted octanol–water partition coefficient (Wildman–Crippen LogP) is 1.38. The van der Waals surface area contributed by atoms with Crippen LogP contribution in [0, 0.1) is 5.82 Å². The standard InChI is InChI=1S/C19H23FN4O3/c20-16-8-6-15(7-9-16)13-22-19(27)23-14-17(25)21-10-2-4-12-24-11-3-1-5-18(24)26/h1,3,5-9,11H,2,4,10,12-14H2,(H,21,25)(H2,22,23,27). The van der Waals surface area contributed by atoms with Gasteiger partial charge in [-0.2, -0.15) is 0 Å². The van der Waals surface area contributed by atoms with E-state index in [0.717, 1.165) is 18.4 Å². The fourth-order valence-corrected chi connectivity index (χ4v) is 2.35. The van der Waals surface area contributed by atoms with Crippen molar-refractivity contribution in [1.29, 1.82) is 0 Å². The molecule has 1 heterocycles. The summed E-state index contributed by atoms with van der Waals surface area (Å²) in [6.45, 7) is 1.18. The van der Waals surface area contributed by atoms with E-state index in [0.29, 0.717) is 13.1 Å². The molecule has 144 valence electrons. The van der Waals surface area contributed by atoms with Crippen molar-refractivity contribution in [3.05, 3.63) is 70.4 Å². The van der Waals surface area contributed by atoms with Crippen molar-refractivity contribution in [3.63, 3.8) is 0 Å². The summed E-state index contributed by atoms with van der Waals surface area (Å²) in [7, 11) is 0. The van der Waals surface area contributed by atoms with Crippen LogP contribution in [0.2, 0.25) is 0 Å². The largest absolute Gasteiger partial charge is 0.355 e. The molecule has 0 bridgehead atoms. The molecule has 0 aliphatic heterocycles. The molecule has 0 radical (unpaired) electrons. The predicted molar refractivity (Wildman–Crippen MR) is 99.6 cm³/mol. The quantitative estimate of drug-likeness (QED) is 0.579. The monoisotopic (exact) mass is 374 g/mol. The molecule has 1 aromatic carbocycles. The Morgan fingerprint density at radius 2 is 1.74 bits per heavy atom. The summed E-state index contributed by atoms with van der Waals surface area (Å²) in [5, 5.41) is 7.75. The van der Waals surface area contributed by atoms with Gasteiger partial charge in [0.2, 0.25) is 11.5 Å². The number of unbranched alkanes of at least 4 members (excludes halogenated alkanes) is 1. The molecule has 3 N–H and O–H groups in total. The molecule has 0 aliphatic rings. The summed E-state index contributed by atoms with van der Waals surface area (Å²) in [6, 6.07) is 10.3. The number of aromatic nitrogens is 1. The number of benzene rings is 1. The first-order valence-electron chi connectivity index (χ1n) is 8.73. The lowest BCUT2D eigenvalue weighted by Gasteiger charge is -2.09. The van der Waals surface area contributed by atoms with Crippen molar-refractivity contribution in [2.75, 3.05) is 13.1 Å². The van der Waals surface area contributed by atoms with E-state index in [1.165, 1.54) is 18.2 Å². The lowest BCUT2D eigenvalue weighted by Crippen LogP contribution is -2.42. The van der Waals surface area contributed by atoms with Gasteiger partial charge in [-0.3, -0.25) is 9.59 Å². The van der Waals surface area contributed by atoms with E-state index in [9.17, 15) is 18.8 Å². The smallest absolute Gasteiger partial charge is 0.315 e. The molecule has 0 saturated heterocycles. The molecule has 1 aromatic heterocycles. The molecular formula is C19H23FN4O3. The molecule has 2 rings (SSSR count). The third-order valence-corrected chi connectivity index (χ3v) is 3.82. The maximum atomic E-state index is 12.8. The zero-order chi connectivity index (χ0) is 19.5. The van der Waals surface area contributed by atoms with Gasteiger partial charge < -0.3 is 20.5 Å². The van der Waals surface area contributed by atoms with E-state index in [2.05, 4.69) is 16.0 Å². The summed E-state index contributed by atoms with van der Waals surface area (Å²) in [4.78, 5) is 34.9. The highest BCUT2D eigenvalue weighted by molar-refractivity contribution is 5.83. The second-order valence-corrected chi connectivity index (χ2v) is 5.95. The Morgan fingerprint density at radius 3 is 2.48 bits per heavy atom. The molecule has 0 unspecified atom stereocenters. The van der Waals surface area contributed by atoms with E-state index in [4.69, 9.17) is 0 Å². The molecule has 7 nitrogen and oxygen atoms in total. The second kappa shape index (κ2) is 10.7. The Labute approximate surface area is 156 Å². The van der Waals surface area contributed by atoms with Gasteiger partial charge in [-0.1, -0.05) is 18.2 Å². The van der Waals surface area contributed by atoms with Crippen LogP contribution in [0.5, 0.6) is 0 Å². The van der Waals surface area contributed by atoms with Crippen LogP contribution in [-0.4, -0.2) is 29.6 Å². The van der Waals surface area contributed by atoms with Crippen molar-refractivity contribution in [2.45, 2.75) is 25.9 Å². The average molecular weight is 374 g/mol. The Balaban J connectivity index is 1.53. The number of rotatable bonds is 9. The molecule has 2 aromatic rings. The number of aryl methyl sites for hydroxylation is 1. The summed E-state index contributed by atoms with van der Waals surface area (Å²) < 4.78 is 14.4. The minimum atomic E-state index is -0.474. The van der Waals surface area contributed by atoms with E-state index < -0.39 is 6.03 Å². The maximum absolute atomic E-state index is 12.8. The topological polar surface area (TPSA) is 92.2 Å². The van der Waals surface area contributed by atoms with E-state index in [1.54, 1.807) is 35.0 Å². The van der Waals surface area contributed by atoms with E-state index >= 15 is 0 Å². The highest BCUT2D eigenvalue weighted by atomic mass is 19.1. The number of carbonyl (C=O) groups is 2. The zero-order valence-corrected chi connectivity index (χ0v) is 14.9. The number of hydrogen-bond acceptors (Lipinski definition) is 3. The first-order chi connectivity index (χ1) is 13.0. The number of nitrogens with zero attached hydrogens (tertiary/aromatic N) is 1. The fraction of sp³-hybridized carbons (Fsp3) is 0.316. The van der Waals surface area contributed by atoms with Gasteiger partial charge in [-0.15, -0.1) is 0 Å². The van der Waals surface area contributed by atoms with Gasteiger partial charge in [0.1, 0.15) is 5.82 Å². The van der Waals surface area contributed by atoms with Crippen LogP contribution >= 0.6 is 0 Å². The lowest BCUT2D eigenvalue weighted by atomic mass is 10.2. The van der Waals surface area contributed by atoms with Gasteiger partial charge in [-0.25, -0.2) is 9.18 Å². The van der Waals surface area contributed by atoms with E-state index in [-0.39, 0.29) is 30.4 Å². The van der Waals surface area contributed by atoms with Crippen LogP contribution in [0.25, 0.3) is 0 Å². The van der Waals surface area contributed by atoms with Crippen LogP contribution < -0.4 is 21.5 Å². The van der Waals surface area contributed by atoms with Crippen molar-refractivity contribution in [3.8, 4) is 0 Å². The van der Waals surface area contributed by atoms with Crippen LogP contribution in [0.3, 0.4) is 0 Å². The normalized spacial score (nSPS) is 10.3. The number of pyridine rings is 1. The third-order valence-electron chi connectivity index (χ3n) is 3.82. The Kier molecular flexibility index (Phi) is 8.02. The molecule has 0 atom stereocenters. The zero-order valence-electron chi connectivity index (χ0n) is 14.9. The van der Waals surface area contributed by atoms with Crippen LogP contribution in [0.1, 0.15) is 18.4 Å². The Hall–Kier alpha value is -3.16. The summed E-state index contributed by atoms with van der Waals surface area (Å²) in [6.07, 6.45) is 3.22. The number of hydrogen-bond donors (Lipinski definition) is 3. The van der Waals surface area contributed by atoms with E-state index in [1.807, 2.05) is 0 Å². The highest BCUT2D eigenvalue weighted by Crippen LogP contribution is 2.01. The number of amides is 3. The molecule has 0 spiro atoms. The van der Waals surface area contributed by atoms with Gasteiger partial charge in [0.15, 0.2) is 0 Å². The summed E-state index contributed by atoms with van der Waals surface area (Å²) in [5.74, 6) is -0.625. The molecule has 0 saturated carbocycles. The minimum Gasteiger partial charge on any atom is -0.355 e. The van der Waals surface area contributed by atoms with Crippen molar-refractivity contribution < 1.29 is 14.0 Å². The summed E-state index contributed by atoms with van der Waals surface area (Å²) in [5.41, 5.74) is 0.714. The molecular weight excluding hydrogens is 351 g/mol. The number of urea groups is 1. The molecule has 0 aliphatic carbocycles. The van der Waals surface area contributed by atoms with Gasteiger partial charge in [0, 0.05) is 31.9 Å². The van der Waals surface area contributed by atoms with Gasteiger partial charge in [-0.05, 0) is 36.6 Å².